The van der Waals surface area contributed by atoms with Crippen LogP contribution in [-0.4, -0.2) is 56.2 Å². The van der Waals surface area contributed by atoms with Crippen LogP contribution >= 0.6 is 0 Å². The van der Waals surface area contributed by atoms with E-state index in [0.29, 0.717) is 31.5 Å². The topological polar surface area (TPSA) is 93.1 Å². The van der Waals surface area contributed by atoms with Gasteiger partial charge in [0.25, 0.3) is 0 Å². The number of piperidine rings is 1. The fraction of sp³-hybridized carbons (Fsp3) is 0.562. The first-order valence-electron chi connectivity index (χ1n) is 7.89. The molecule has 2 fully saturated rings. The lowest BCUT2D eigenvalue weighted by molar-refractivity contribution is -0.167. The largest absolute Gasteiger partial charge is 0.495 e. The molecule has 0 atom stereocenters. The smallest absolute Gasteiger partial charge is 0.307 e. The number of carbonyl (C=O) groups is 1. The third-order valence-corrected chi connectivity index (χ3v) is 6.72. The molecular weight excluding hydrogens is 334 g/mol. The highest BCUT2D eigenvalue weighted by molar-refractivity contribution is 7.89. The van der Waals surface area contributed by atoms with E-state index in [-0.39, 0.29) is 22.7 Å². The van der Waals surface area contributed by atoms with Crippen molar-refractivity contribution in [1.29, 1.82) is 0 Å². The number of aliphatic carboxylic acids is 1. The van der Waals surface area contributed by atoms with Crippen LogP contribution in [0, 0.1) is 0 Å². The van der Waals surface area contributed by atoms with Gasteiger partial charge < -0.3 is 14.6 Å². The molecule has 0 unspecified atom stereocenters. The van der Waals surface area contributed by atoms with Crippen LogP contribution in [0.25, 0.3) is 0 Å². The lowest BCUT2D eigenvalue weighted by atomic mass is 9.85. The van der Waals surface area contributed by atoms with E-state index in [4.69, 9.17) is 14.6 Å². The van der Waals surface area contributed by atoms with Crippen LogP contribution in [0.4, 0.5) is 0 Å². The summed E-state index contributed by atoms with van der Waals surface area (Å²) in [6.45, 7) is 1.54. The number of carboxylic acid groups (broad SMARTS) is 1. The molecule has 1 aromatic carbocycles. The summed E-state index contributed by atoms with van der Waals surface area (Å²) in [5, 5.41) is 8.92. The Labute approximate surface area is 141 Å². The van der Waals surface area contributed by atoms with Gasteiger partial charge in [0, 0.05) is 13.1 Å². The van der Waals surface area contributed by atoms with Crippen molar-refractivity contribution >= 4 is 16.0 Å². The van der Waals surface area contributed by atoms with E-state index in [1.54, 1.807) is 6.07 Å². The molecule has 8 heteroatoms. The highest BCUT2D eigenvalue weighted by Gasteiger charge is 2.44. The van der Waals surface area contributed by atoms with E-state index >= 15 is 0 Å². The minimum Gasteiger partial charge on any atom is -0.495 e. The lowest BCUT2D eigenvalue weighted by Crippen LogP contribution is -2.53. The van der Waals surface area contributed by atoms with Crippen molar-refractivity contribution in [2.45, 2.75) is 36.2 Å². The first-order valence-corrected chi connectivity index (χ1v) is 9.33. The summed E-state index contributed by atoms with van der Waals surface area (Å²) in [4.78, 5) is 10.9. The highest BCUT2D eigenvalue weighted by atomic mass is 32.2. The Balaban J connectivity index is 1.86. The predicted molar refractivity (Wildman–Crippen MR) is 85.6 cm³/mol. The normalized spacial score (nSPS) is 20.5. The quantitative estimate of drug-likeness (QED) is 0.855. The fourth-order valence-electron chi connectivity index (χ4n) is 3.27. The van der Waals surface area contributed by atoms with Gasteiger partial charge in [-0.05, 0) is 37.0 Å². The second kappa shape index (κ2) is 6.34. The molecule has 2 saturated heterocycles. The summed E-state index contributed by atoms with van der Waals surface area (Å²) in [5.41, 5.74) is 0.291. The van der Waals surface area contributed by atoms with E-state index in [2.05, 4.69) is 0 Å². The average molecular weight is 355 g/mol. The van der Waals surface area contributed by atoms with Gasteiger partial charge in [0.1, 0.15) is 10.6 Å². The standard InChI is InChI=1S/C16H21NO6S/c1-22-13-3-2-12(11-15(18)19)10-14(13)24(20,21)17-7-4-16(5-8-17)6-9-23-16/h2-3,10H,4-9,11H2,1H3,(H,18,19). The van der Waals surface area contributed by atoms with Gasteiger partial charge in [-0.2, -0.15) is 4.31 Å². The van der Waals surface area contributed by atoms with E-state index in [9.17, 15) is 13.2 Å². The number of nitrogens with zero attached hydrogens (tertiary/aromatic N) is 1. The van der Waals surface area contributed by atoms with E-state index < -0.39 is 16.0 Å². The molecule has 0 aromatic heterocycles. The summed E-state index contributed by atoms with van der Waals surface area (Å²) < 4.78 is 38.2. The Hall–Kier alpha value is -1.64. The van der Waals surface area contributed by atoms with Gasteiger partial charge in [-0.25, -0.2) is 8.42 Å². The maximum absolute atomic E-state index is 13.0. The SMILES string of the molecule is COc1ccc(CC(=O)O)cc1S(=O)(=O)N1CCC2(CCO2)CC1. The number of ether oxygens (including phenoxy) is 2. The number of methoxy groups -OCH3 is 1. The predicted octanol–water partition coefficient (Wildman–Crippen LogP) is 1.27. The molecule has 24 heavy (non-hydrogen) atoms. The maximum Gasteiger partial charge on any atom is 0.307 e. The summed E-state index contributed by atoms with van der Waals surface area (Å²) in [6.07, 6.45) is 2.12. The lowest BCUT2D eigenvalue weighted by Gasteiger charge is -2.47. The third-order valence-electron chi connectivity index (χ3n) is 4.80. The van der Waals surface area contributed by atoms with Gasteiger partial charge in [-0.1, -0.05) is 6.07 Å². The van der Waals surface area contributed by atoms with E-state index in [0.717, 1.165) is 13.0 Å². The van der Waals surface area contributed by atoms with Crippen molar-refractivity contribution in [3.63, 3.8) is 0 Å². The van der Waals surface area contributed by atoms with Crippen molar-refractivity contribution in [1.82, 2.24) is 4.31 Å². The maximum atomic E-state index is 13.0. The molecule has 2 aliphatic rings. The van der Waals surface area contributed by atoms with Crippen molar-refractivity contribution in [3.05, 3.63) is 23.8 Å². The molecule has 1 aromatic rings. The molecule has 1 spiro atoms. The van der Waals surface area contributed by atoms with E-state index in [1.807, 2.05) is 0 Å². The highest BCUT2D eigenvalue weighted by Crippen LogP contribution is 2.39. The molecule has 132 valence electrons. The molecule has 1 N–H and O–H groups in total. The van der Waals surface area contributed by atoms with E-state index in [1.165, 1.54) is 23.5 Å². The first-order chi connectivity index (χ1) is 11.4. The minimum atomic E-state index is -3.74. The molecule has 0 saturated carbocycles. The van der Waals surface area contributed by atoms with Gasteiger partial charge >= 0.3 is 5.97 Å². The number of hydrogen-bond donors (Lipinski definition) is 1. The molecule has 3 rings (SSSR count). The Morgan fingerprint density at radius 2 is 2.00 bits per heavy atom. The minimum absolute atomic E-state index is 0.0224. The molecule has 2 heterocycles. The van der Waals surface area contributed by atoms with Gasteiger partial charge in [-0.3, -0.25) is 4.79 Å². The monoisotopic (exact) mass is 355 g/mol. The summed E-state index contributed by atoms with van der Waals surface area (Å²) in [7, 11) is -2.34. The summed E-state index contributed by atoms with van der Waals surface area (Å²) in [5.74, 6) is -0.783. The number of benzene rings is 1. The molecule has 0 amide bonds. The zero-order chi connectivity index (χ0) is 17.4. The van der Waals surface area contributed by atoms with Crippen LogP contribution in [0.3, 0.4) is 0 Å². The Morgan fingerprint density at radius 1 is 1.33 bits per heavy atom. The van der Waals surface area contributed by atoms with Crippen molar-refractivity contribution in [3.8, 4) is 5.75 Å². The van der Waals surface area contributed by atoms with Gasteiger partial charge in [0.05, 0.1) is 25.7 Å². The number of carboxylic acids is 1. The van der Waals surface area contributed by atoms with Crippen LogP contribution in [0.5, 0.6) is 5.75 Å². The van der Waals surface area contributed by atoms with Crippen molar-refractivity contribution in [2.24, 2.45) is 0 Å². The van der Waals surface area contributed by atoms with Gasteiger partial charge in [-0.15, -0.1) is 0 Å². The molecule has 0 aliphatic carbocycles. The van der Waals surface area contributed by atoms with Crippen LogP contribution in [-0.2, 0) is 26.0 Å². The van der Waals surface area contributed by atoms with Crippen molar-refractivity contribution < 1.29 is 27.8 Å². The number of hydrogen-bond acceptors (Lipinski definition) is 5. The number of sulfonamides is 1. The molecule has 7 nitrogen and oxygen atoms in total. The molecular formula is C16H21NO6S. The Kier molecular flexibility index (Phi) is 4.54. The van der Waals surface area contributed by atoms with Crippen LogP contribution in [0.2, 0.25) is 0 Å². The summed E-state index contributed by atoms with van der Waals surface area (Å²) >= 11 is 0. The number of rotatable bonds is 5. The third kappa shape index (κ3) is 3.13. The second-order valence-electron chi connectivity index (χ2n) is 6.24. The van der Waals surface area contributed by atoms with Crippen LogP contribution < -0.4 is 4.74 Å². The molecule has 0 bridgehead atoms. The fourth-order valence-corrected chi connectivity index (χ4v) is 4.91. The van der Waals surface area contributed by atoms with Gasteiger partial charge in [0.2, 0.25) is 10.0 Å². The van der Waals surface area contributed by atoms with Crippen LogP contribution in [0.15, 0.2) is 23.1 Å². The Bertz CT molecular complexity index is 731. The zero-order valence-electron chi connectivity index (χ0n) is 13.5. The van der Waals surface area contributed by atoms with Gasteiger partial charge in [0.15, 0.2) is 0 Å². The first kappa shape index (κ1) is 17.2. The summed E-state index contributed by atoms with van der Waals surface area (Å²) in [6, 6.07) is 4.47. The van der Waals surface area contributed by atoms with Crippen LogP contribution in [0.1, 0.15) is 24.8 Å². The molecule has 0 radical (unpaired) electrons. The molecule has 2 aliphatic heterocycles. The zero-order valence-corrected chi connectivity index (χ0v) is 14.3. The van der Waals surface area contributed by atoms with Crippen molar-refractivity contribution in [2.75, 3.05) is 26.8 Å². The average Bonchev–Trinajstić information content (AvgIpc) is 2.53. The Morgan fingerprint density at radius 3 is 2.50 bits per heavy atom. The second-order valence-corrected chi connectivity index (χ2v) is 8.15.